The third-order valence-electron chi connectivity index (χ3n) is 2.19. The molecule has 2 N–H and O–H groups in total. The van der Waals surface area contributed by atoms with E-state index >= 15 is 0 Å². The third-order valence-corrected chi connectivity index (χ3v) is 2.19. The fourth-order valence-corrected chi connectivity index (χ4v) is 1.60. The van der Waals surface area contributed by atoms with Gasteiger partial charge in [-0.3, -0.25) is 0 Å². The van der Waals surface area contributed by atoms with Gasteiger partial charge in [0.25, 0.3) is 0 Å². The third kappa shape index (κ3) is 3.93. The van der Waals surface area contributed by atoms with Crippen LogP contribution in [0.5, 0.6) is 0 Å². The minimum atomic E-state index is 0.370. The van der Waals surface area contributed by atoms with Gasteiger partial charge < -0.3 is 5.73 Å². The Morgan fingerprint density at radius 1 is 1.00 bits per heavy atom. The van der Waals surface area contributed by atoms with E-state index in [1.165, 1.54) is 11.1 Å². The summed E-state index contributed by atoms with van der Waals surface area (Å²) in [4.78, 5) is 0. The van der Waals surface area contributed by atoms with Crippen LogP contribution >= 0.6 is 0 Å². The average molecular weight is 191 g/mol. The minimum absolute atomic E-state index is 0.370. The molecule has 0 aromatic heterocycles. The summed E-state index contributed by atoms with van der Waals surface area (Å²) >= 11 is 0. The molecule has 0 fully saturated rings. The number of nitrogens with two attached hydrogens (primary N) is 1. The molecule has 0 amide bonds. The second-order valence-electron chi connectivity index (χ2n) is 5.09. The zero-order chi connectivity index (χ0) is 10.6. The molecule has 1 heteroatoms. The SMILES string of the molecule is CC(C)(C)Cc1ccc(CCN)cc1. The summed E-state index contributed by atoms with van der Waals surface area (Å²) in [5.41, 5.74) is 8.62. The topological polar surface area (TPSA) is 26.0 Å². The fraction of sp³-hybridized carbons (Fsp3) is 0.538. The van der Waals surface area contributed by atoms with Gasteiger partial charge in [-0.05, 0) is 35.9 Å². The number of hydrogen-bond donors (Lipinski definition) is 1. The Hall–Kier alpha value is -0.820. The van der Waals surface area contributed by atoms with E-state index in [0.717, 1.165) is 19.4 Å². The van der Waals surface area contributed by atoms with Gasteiger partial charge in [-0.25, -0.2) is 0 Å². The molecule has 0 radical (unpaired) electrons. The highest BCUT2D eigenvalue weighted by Gasteiger charge is 2.10. The molecule has 0 saturated heterocycles. The van der Waals surface area contributed by atoms with Gasteiger partial charge in [-0.1, -0.05) is 45.0 Å². The first kappa shape index (κ1) is 11.3. The van der Waals surface area contributed by atoms with E-state index in [9.17, 15) is 0 Å². The summed E-state index contributed by atoms with van der Waals surface area (Å²) in [6.07, 6.45) is 2.12. The predicted octanol–water partition coefficient (Wildman–Crippen LogP) is 2.78. The lowest BCUT2D eigenvalue weighted by Gasteiger charge is -2.18. The summed E-state index contributed by atoms with van der Waals surface area (Å²) in [7, 11) is 0. The lowest BCUT2D eigenvalue weighted by molar-refractivity contribution is 0.411. The van der Waals surface area contributed by atoms with Crippen LogP contribution in [0.1, 0.15) is 31.9 Å². The van der Waals surface area contributed by atoms with Crippen molar-refractivity contribution < 1.29 is 0 Å². The molecular weight excluding hydrogens is 170 g/mol. The molecule has 1 nitrogen and oxygen atoms in total. The van der Waals surface area contributed by atoms with Gasteiger partial charge in [0.15, 0.2) is 0 Å². The molecule has 1 rings (SSSR count). The van der Waals surface area contributed by atoms with Crippen LogP contribution < -0.4 is 5.73 Å². The van der Waals surface area contributed by atoms with Crippen molar-refractivity contribution in [3.05, 3.63) is 35.4 Å². The summed E-state index contributed by atoms with van der Waals surface area (Å²) < 4.78 is 0. The number of rotatable bonds is 3. The van der Waals surface area contributed by atoms with Crippen molar-refractivity contribution in [1.29, 1.82) is 0 Å². The van der Waals surface area contributed by atoms with Crippen LogP contribution in [0.3, 0.4) is 0 Å². The maximum atomic E-state index is 5.50. The van der Waals surface area contributed by atoms with Crippen molar-refractivity contribution in [2.24, 2.45) is 11.1 Å². The van der Waals surface area contributed by atoms with E-state index in [4.69, 9.17) is 5.73 Å². The Bertz CT molecular complexity index is 266. The fourth-order valence-electron chi connectivity index (χ4n) is 1.60. The van der Waals surface area contributed by atoms with Gasteiger partial charge in [-0.2, -0.15) is 0 Å². The van der Waals surface area contributed by atoms with E-state index in [0.29, 0.717) is 5.41 Å². The molecule has 0 aliphatic heterocycles. The predicted molar refractivity (Wildman–Crippen MR) is 62.4 cm³/mol. The van der Waals surface area contributed by atoms with E-state index in [-0.39, 0.29) is 0 Å². The molecule has 78 valence electrons. The largest absolute Gasteiger partial charge is 0.330 e. The molecule has 0 spiro atoms. The molecule has 0 aliphatic rings. The normalized spacial score (nSPS) is 11.7. The van der Waals surface area contributed by atoms with Crippen LogP contribution in [0.2, 0.25) is 0 Å². The zero-order valence-corrected chi connectivity index (χ0v) is 9.51. The summed E-state index contributed by atoms with van der Waals surface area (Å²) in [6.45, 7) is 7.53. The van der Waals surface area contributed by atoms with Crippen LogP contribution in [0.25, 0.3) is 0 Å². The number of hydrogen-bond acceptors (Lipinski definition) is 1. The van der Waals surface area contributed by atoms with E-state index in [2.05, 4.69) is 45.0 Å². The summed E-state index contributed by atoms with van der Waals surface area (Å²) in [5.74, 6) is 0. The van der Waals surface area contributed by atoms with Crippen molar-refractivity contribution in [2.45, 2.75) is 33.6 Å². The molecule has 0 heterocycles. The maximum absolute atomic E-state index is 5.50. The van der Waals surface area contributed by atoms with Crippen molar-refractivity contribution in [3.8, 4) is 0 Å². The first-order valence-electron chi connectivity index (χ1n) is 5.29. The lowest BCUT2D eigenvalue weighted by Crippen LogP contribution is -2.09. The molecule has 0 aliphatic carbocycles. The van der Waals surface area contributed by atoms with Crippen molar-refractivity contribution in [2.75, 3.05) is 6.54 Å². The average Bonchev–Trinajstić information content (AvgIpc) is 2.06. The Morgan fingerprint density at radius 3 is 1.93 bits per heavy atom. The maximum Gasteiger partial charge on any atom is -0.00367 e. The van der Waals surface area contributed by atoms with Crippen LogP contribution in [0.4, 0.5) is 0 Å². The Balaban J connectivity index is 2.64. The van der Waals surface area contributed by atoms with Crippen molar-refractivity contribution >= 4 is 0 Å². The molecule has 1 aromatic carbocycles. The first-order valence-corrected chi connectivity index (χ1v) is 5.29. The zero-order valence-electron chi connectivity index (χ0n) is 9.51. The smallest absolute Gasteiger partial charge is 0.00367 e. The molecule has 0 bridgehead atoms. The van der Waals surface area contributed by atoms with Crippen LogP contribution in [-0.2, 0) is 12.8 Å². The Labute approximate surface area is 87.3 Å². The highest BCUT2D eigenvalue weighted by Crippen LogP contribution is 2.20. The van der Waals surface area contributed by atoms with Crippen molar-refractivity contribution in [3.63, 3.8) is 0 Å². The second-order valence-corrected chi connectivity index (χ2v) is 5.09. The van der Waals surface area contributed by atoms with Crippen LogP contribution in [0.15, 0.2) is 24.3 Å². The van der Waals surface area contributed by atoms with Crippen molar-refractivity contribution in [1.82, 2.24) is 0 Å². The van der Waals surface area contributed by atoms with Crippen LogP contribution in [-0.4, -0.2) is 6.54 Å². The van der Waals surface area contributed by atoms with Gasteiger partial charge in [0.05, 0.1) is 0 Å². The quantitative estimate of drug-likeness (QED) is 0.781. The highest BCUT2D eigenvalue weighted by molar-refractivity contribution is 5.23. The second kappa shape index (κ2) is 4.61. The molecule has 14 heavy (non-hydrogen) atoms. The summed E-state index contributed by atoms with van der Waals surface area (Å²) in [5, 5.41) is 0. The minimum Gasteiger partial charge on any atom is -0.330 e. The van der Waals surface area contributed by atoms with Gasteiger partial charge in [-0.15, -0.1) is 0 Å². The van der Waals surface area contributed by atoms with Crippen LogP contribution in [0, 0.1) is 5.41 Å². The molecular formula is C13H21N. The van der Waals surface area contributed by atoms with Gasteiger partial charge in [0.1, 0.15) is 0 Å². The molecule has 1 aromatic rings. The Kier molecular flexibility index (Phi) is 3.70. The number of benzene rings is 1. The van der Waals surface area contributed by atoms with Gasteiger partial charge >= 0.3 is 0 Å². The first-order chi connectivity index (χ1) is 6.51. The van der Waals surface area contributed by atoms with E-state index in [1.807, 2.05) is 0 Å². The molecule has 0 saturated carbocycles. The Morgan fingerprint density at radius 2 is 1.50 bits per heavy atom. The van der Waals surface area contributed by atoms with E-state index < -0.39 is 0 Å². The molecule has 0 unspecified atom stereocenters. The summed E-state index contributed by atoms with van der Waals surface area (Å²) in [6, 6.07) is 8.81. The van der Waals surface area contributed by atoms with Gasteiger partial charge in [0.2, 0.25) is 0 Å². The molecule has 0 atom stereocenters. The van der Waals surface area contributed by atoms with E-state index in [1.54, 1.807) is 0 Å². The highest BCUT2D eigenvalue weighted by atomic mass is 14.5. The monoisotopic (exact) mass is 191 g/mol. The van der Waals surface area contributed by atoms with Gasteiger partial charge in [0, 0.05) is 0 Å². The standard InChI is InChI=1S/C13H21N/c1-13(2,3)10-12-6-4-11(5-7-12)8-9-14/h4-7H,8-10,14H2,1-3H3. The lowest BCUT2D eigenvalue weighted by atomic mass is 9.88.